The van der Waals surface area contributed by atoms with Gasteiger partial charge in [-0.1, -0.05) is 88.8 Å². The van der Waals surface area contributed by atoms with Gasteiger partial charge in [-0.15, -0.1) is 0 Å². The third kappa shape index (κ3) is 4.69. The van der Waals surface area contributed by atoms with Crippen LogP contribution in [0, 0.1) is 13.8 Å². The first-order valence-corrected chi connectivity index (χ1v) is 10.8. The molecule has 0 saturated carbocycles. The van der Waals surface area contributed by atoms with Gasteiger partial charge in [-0.2, -0.15) is 0 Å². The van der Waals surface area contributed by atoms with E-state index in [1.165, 1.54) is 74.5 Å². The first-order valence-electron chi connectivity index (χ1n) is 10.8. The summed E-state index contributed by atoms with van der Waals surface area (Å²) in [4.78, 5) is 14.9. The van der Waals surface area contributed by atoms with Gasteiger partial charge in [0.1, 0.15) is 0 Å². The van der Waals surface area contributed by atoms with Crippen molar-refractivity contribution in [3.05, 3.63) is 28.8 Å². The molecule has 0 N–H and O–H groups in total. The summed E-state index contributed by atoms with van der Waals surface area (Å²) in [6, 6.07) is 4.43. The number of rotatable bonds is 11. The number of hydrogen-bond donors (Lipinski definition) is 0. The number of aryl methyl sites for hydroxylation is 2. The molecule has 1 aromatic rings. The highest BCUT2D eigenvalue weighted by Gasteiger charge is 2.46. The number of amides is 1. The van der Waals surface area contributed by atoms with Gasteiger partial charge in [-0.25, -0.2) is 0 Å². The molecule has 1 unspecified atom stereocenters. The molecule has 1 aromatic carbocycles. The average molecular weight is 358 g/mol. The molecule has 0 aliphatic carbocycles. The third-order valence-electron chi connectivity index (χ3n) is 6.18. The number of fused-ring (bicyclic) bond motifs is 1. The Bertz CT molecular complexity index is 606. The molecular formula is C24H39NO. The largest absolute Gasteiger partial charge is 0.314 e. The van der Waals surface area contributed by atoms with Gasteiger partial charge in [0.2, 0.25) is 5.91 Å². The van der Waals surface area contributed by atoms with Crippen molar-refractivity contribution in [1.82, 2.24) is 0 Å². The standard InChI is InChI=1S/C24H39NO/c1-6-7-8-9-10-11-12-13-14-15-16-24(4)21-18-19(2)17-20(3)22(21)25(5)23(24)26/h17-18H,6-16H2,1-5H3. The zero-order chi connectivity index (χ0) is 19.2. The van der Waals surface area contributed by atoms with Crippen molar-refractivity contribution in [3.8, 4) is 0 Å². The van der Waals surface area contributed by atoms with Crippen LogP contribution < -0.4 is 4.90 Å². The highest BCUT2D eigenvalue weighted by atomic mass is 16.2. The molecule has 0 saturated heterocycles. The minimum Gasteiger partial charge on any atom is -0.314 e. The van der Waals surface area contributed by atoms with Gasteiger partial charge >= 0.3 is 0 Å². The summed E-state index contributed by atoms with van der Waals surface area (Å²) in [6.07, 6.45) is 14.3. The summed E-state index contributed by atoms with van der Waals surface area (Å²) >= 11 is 0. The Morgan fingerprint density at radius 3 is 2.00 bits per heavy atom. The SMILES string of the molecule is CCCCCCCCCCCCC1(C)C(=O)N(C)c2c(C)cc(C)cc21. The molecule has 1 aliphatic heterocycles. The van der Waals surface area contributed by atoms with E-state index in [1.807, 2.05) is 11.9 Å². The van der Waals surface area contributed by atoms with Crippen molar-refractivity contribution in [2.75, 3.05) is 11.9 Å². The zero-order valence-corrected chi connectivity index (χ0v) is 17.8. The van der Waals surface area contributed by atoms with Gasteiger partial charge in [-0.3, -0.25) is 4.79 Å². The van der Waals surface area contributed by atoms with E-state index in [0.717, 1.165) is 18.5 Å². The number of nitrogens with zero attached hydrogens (tertiary/aromatic N) is 1. The number of carbonyl (C=O) groups excluding carboxylic acids is 1. The van der Waals surface area contributed by atoms with Gasteiger partial charge in [0.15, 0.2) is 0 Å². The lowest BCUT2D eigenvalue weighted by Gasteiger charge is -2.23. The summed E-state index contributed by atoms with van der Waals surface area (Å²) in [6.45, 7) is 8.69. The summed E-state index contributed by atoms with van der Waals surface area (Å²) < 4.78 is 0. The number of anilines is 1. The molecule has 0 bridgehead atoms. The van der Waals surface area contributed by atoms with Crippen molar-refractivity contribution in [3.63, 3.8) is 0 Å². The van der Waals surface area contributed by atoms with Crippen LogP contribution in [0.15, 0.2) is 12.1 Å². The second kappa shape index (κ2) is 9.58. The maximum absolute atomic E-state index is 13.0. The zero-order valence-electron chi connectivity index (χ0n) is 17.8. The number of benzene rings is 1. The Morgan fingerprint density at radius 2 is 1.42 bits per heavy atom. The van der Waals surface area contributed by atoms with E-state index in [2.05, 4.69) is 39.8 Å². The molecule has 26 heavy (non-hydrogen) atoms. The van der Waals surface area contributed by atoms with Crippen LogP contribution >= 0.6 is 0 Å². The number of likely N-dealkylation sites (N-methyl/N-ethyl adjacent to an activating group) is 1. The lowest BCUT2D eigenvalue weighted by atomic mass is 9.78. The molecule has 2 nitrogen and oxygen atoms in total. The average Bonchev–Trinajstić information content (AvgIpc) is 2.78. The Kier molecular flexibility index (Phi) is 7.73. The van der Waals surface area contributed by atoms with Gasteiger partial charge < -0.3 is 4.90 Å². The Labute approximate surface area is 161 Å². The highest BCUT2D eigenvalue weighted by molar-refractivity contribution is 6.08. The number of carbonyl (C=O) groups is 1. The lowest BCUT2D eigenvalue weighted by molar-refractivity contribution is -0.122. The number of unbranched alkanes of at least 4 members (excludes halogenated alkanes) is 9. The molecule has 2 rings (SSSR count). The molecule has 146 valence electrons. The van der Waals surface area contributed by atoms with Crippen molar-refractivity contribution < 1.29 is 4.79 Å². The minimum absolute atomic E-state index is 0.275. The van der Waals surface area contributed by atoms with Crippen LogP contribution in [0.25, 0.3) is 0 Å². The van der Waals surface area contributed by atoms with Crippen LogP contribution in [0.5, 0.6) is 0 Å². The Hall–Kier alpha value is -1.31. The van der Waals surface area contributed by atoms with Crippen molar-refractivity contribution >= 4 is 11.6 Å². The molecule has 1 atom stereocenters. The van der Waals surface area contributed by atoms with Crippen molar-refractivity contribution in [2.45, 2.75) is 104 Å². The predicted molar refractivity (Wildman–Crippen MR) is 113 cm³/mol. The molecule has 1 amide bonds. The topological polar surface area (TPSA) is 20.3 Å². The van der Waals surface area contributed by atoms with E-state index >= 15 is 0 Å². The first kappa shape index (κ1) is 21.0. The summed E-state index contributed by atoms with van der Waals surface area (Å²) in [5.41, 5.74) is 4.55. The Balaban J connectivity index is 1.80. The summed E-state index contributed by atoms with van der Waals surface area (Å²) in [7, 11) is 1.94. The second-order valence-electron chi connectivity index (χ2n) is 8.61. The third-order valence-corrected chi connectivity index (χ3v) is 6.18. The highest BCUT2D eigenvalue weighted by Crippen LogP contribution is 2.46. The molecule has 0 fully saturated rings. The maximum atomic E-state index is 13.0. The monoisotopic (exact) mass is 357 g/mol. The summed E-state index contributed by atoms with van der Waals surface area (Å²) in [5, 5.41) is 0. The molecule has 0 radical (unpaired) electrons. The van der Waals surface area contributed by atoms with Crippen LogP contribution in [0.3, 0.4) is 0 Å². The van der Waals surface area contributed by atoms with Crippen molar-refractivity contribution in [2.24, 2.45) is 0 Å². The second-order valence-corrected chi connectivity index (χ2v) is 8.61. The predicted octanol–water partition coefficient (Wildman–Crippen LogP) is 6.85. The van der Waals surface area contributed by atoms with E-state index < -0.39 is 0 Å². The maximum Gasteiger partial charge on any atom is 0.237 e. The minimum atomic E-state index is -0.332. The number of hydrogen-bond acceptors (Lipinski definition) is 1. The van der Waals surface area contributed by atoms with E-state index in [0.29, 0.717) is 0 Å². The smallest absolute Gasteiger partial charge is 0.237 e. The van der Waals surface area contributed by atoms with Crippen LogP contribution in [0.4, 0.5) is 5.69 Å². The van der Waals surface area contributed by atoms with Gasteiger partial charge in [0, 0.05) is 7.05 Å². The molecule has 1 aliphatic rings. The fraction of sp³-hybridized carbons (Fsp3) is 0.708. The molecule has 0 spiro atoms. The van der Waals surface area contributed by atoms with Gasteiger partial charge in [0.25, 0.3) is 0 Å². The fourth-order valence-corrected chi connectivity index (χ4v) is 4.62. The van der Waals surface area contributed by atoms with Gasteiger partial charge in [0.05, 0.1) is 11.1 Å². The van der Waals surface area contributed by atoms with Crippen LogP contribution in [-0.4, -0.2) is 13.0 Å². The quantitative estimate of drug-likeness (QED) is 0.397. The van der Waals surface area contributed by atoms with E-state index in [-0.39, 0.29) is 11.3 Å². The van der Waals surface area contributed by atoms with Crippen LogP contribution in [-0.2, 0) is 10.2 Å². The molecular weight excluding hydrogens is 318 g/mol. The fourth-order valence-electron chi connectivity index (χ4n) is 4.62. The van der Waals surface area contributed by atoms with Crippen molar-refractivity contribution in [1.29, 1.82) is 0 Å². The Morgan fingerprint density at radius 1 is 0.885 bits per heavy atom. The van der Waals surface area contributed by atoms with Crippen LogP contribution in [0.1, 0.15) is 101 Å². The lowest BCUT2D eigenvalue weighted by Crippen LogP contribution is -2.36. The first-order chi connectivity index (χ1) is 12.4. The molecule has 0 aromatic heterocycles. The summed E-state index contributed by atoms with van der Waals surface area (Å²) in [5.74, 6) is 0.275. The normalized spacial score (nSPS) is 19.3. The molecule has 2 heteroatoms. The molecule has 1 heterocycles. The van der Waals surface area contributed by atoms with Gasteiger partial charge in [-0.05, 0) is 38.3 Å². The van der Waals surface area contributed by atoms with E-state index in [4.69, 9.17) is 0 Å². The van der Waals surface area contributed by atoms with E-state index in [9.17, 15) is 4.79 Å². The van der Waals surface area contributed by atoms with Crippen LogP contribution in [0.2, 0.25) is 0 Å². The van der Waals surface area contributed by atoms with E-state index in [1.54, 1.807) is 0 Å².